The number of benzene rings is 1. The van der Waals surface area contributed by atoms with Gasteiger partial charge in [0.25, 0.3) is 5.91 Å². The summed E-state index contributed by atoms with van der Waals surface area (Å²) in [7, 11) is 0. The molecule has 2 heterocycles. The van der Waals surface area contributed by atoms with Gasteiger partial charge in [-0.05, 0) is 36.4 Å². The highest BCUT2D eigenvalue weighted by atomic mass is 32.1. The van der Waals surface area contributed by atoms with E-state index in [2.05, 4.69) is 0 Å². The van der Waals surface area contributed by atoms with Crippen molar-refractivity contribution in [3.63, 3.8) is 0 Å². The smallest absolute Gasteiger partial charge is 0.338 e. The van der Waals surface area contributed by atoms with E-state index in [-0.39, 0.29) is 23.8 Å². The molecule has 0 radical (unpaired) electrons. The lowest BCUT2D eigenvalue weighted by molar-refractivity contribution is -0.137. The summed E-state index contributed by atoms with van der Waals surface area (Å²) in [6.45, 7) is 0.796. The van der Waals surface area contributed by atoms with Gasteiger partial charge in [0.1, 0.15) is 0 Å². The monoisotopic (exact) mass is 367 g/mol. The van der Waals surface area contributed by atoms with E-state index >= 15 is 0 Å². The van der Waals surface area contributed by atoms with E-state index in [0.717, 1.165) is 12.1 Å². The number of hydrogen-bond donors (Lipinski definition) is 0. The van der Waals surface area contributed by atoms with Crippen LogP contribution in [0.5, 0.6) is 0 Å². The van der Waals surface area contributed by atoms with Gasteiger partial charge < -0.3 is 4.90 Å². The van der Waals surface area contributed by atoms with Crippen molar-refractivity contribution in [2.75, 3.05) is 13.1 Å². The van der Waals surface area contributed by atoms with Gasteiger partial charge in [0.2, 0.25) is 0 Å². The van der Waals surface area contributed by atoms with Crippen LogP contribution in [0.25, 0.3) is 0 Å². The van der Waals surface area contributed by atoms with Crippen LogP contribution in [0.4, 0.5) is 13.2 Å². The molecular weight excluding hydrogens is 351 g/mol. The van der Waals surface area contributed by atoms with Crippen LogP contribution < -0.4 is 0 Å². The summed E-state index contributed by atoms with van der Waals surface area (Å²) in [6.07, 6.45) is -3.25. The number of nitrogens with zero attached hydrogens (tertiary/aromatic N) is 1. The first-order valence-electron chi connectivity index (χ1n) is 7.89. The second-order valence-corrected chi connectivity index (χ2v) is 6.83. The zero-order chi connectivity index (χ0) is 18.0. The molecule has 0 saturated carbocycles. The van der Waals surface area contributed by atoms with Crippen LogP contribution in [0.3, 0.4) is 0 Å². The summed E-state index contributed by atoms with van der Waals surface area (Å²) in [5, 5.41) is 3.56. The number of Topliss-reactive ketones (excluding diaryl/α,β-unsaturated/α-hetero) is 1. The Morgan fingerprint density at radius 3 is 2.64 bits per heavy atom. The van der Waals surface area contributed by atoms with Crippen molar-refractivity contribution in [3.8, 4) is 0 Å². The first-order chi connectivity index (χ1) is 11.9. The Labute approximate surface area is 147 Å². The molecule has 1 saturated heterocycles. The predicted molar refractivity (Wildman–Crippen MR) is 88.7 cm³/mol. The highest BCUT2D eigenvalue weighted by Crippen LogP contribution is 2.31. The molecule has 2 aromatic rings. The Hall–Kier alpha value is -2.15. The van der Waals surface area contributed by atoms with Crippen molar-refractivity contribution < 1.29 is 22.8 Å². The number of likely N-dealkylation sites (tertiary alicyclic amines) is 1. The molecule has 1 aliphatic rings. The quantitative estimate of drug-likeness (QED) is 0.749. The van der Waals surface area contributed by atoms with Crippen molar-refractivity contribution in [1.82, 2.24) is 4.90 Å². The first-order valence-corrected chi connectivity index (χ1v) is 8.83. The molecule has 1 fully saturated rings. The molecule has 3 rings (SSSR count). The number of hydrogen-bond acceptors (Lipinski definition) is 3. The van der Waals surface area contributed by atoms with Gasteiger partial charge >= 0.3 is 6.18 Å². The number of piperidine rings is 1. The molecule has 1 amide bonds. The second kappa shape index (κ2) is 7.00. The fourth-order valence-corrected chi connectivity index (χ4v) is 3.66. The highest BCUT2D eigenvalue weighted by Gasteiger charge is 2.33. The lowest BCUT2D eigenvalue weighted by Crippen LogP contribution is -2.42. The fraction of sp³-hybridized carbons (Fsp3) is 0.333. The molecule has 25 heavy (non-hydrogen) atoms. The van der Waals surface area contributed by atoms with E-state index in [1.54, 1.807) is 16.3 Å². The second-order valence-electron chi connectivity index (χ2n) is 6.05. The Bertz CT molecular complexity index is 771. The van der Waals surface area contributed by atoms with Crippen molar-refractivity contribution in [2.45, 2.75) is 19.0 Å². The molecule has 0 aliphatic carbocycles. The van der Waals surface area contributed by atoms with Crippen LogP contribution in [0, 0.1) is 5.92 Å². The molecule has 0 spiro atoms. The summed E-state index contributed by atoms with van der Waals surface area (Å²) < 4.78 is 38.5. The predicted octanol–water partition coefficient (Wildman–Crippen LogP) is 4.50. The third-order valence-corrected chi connectivity index (χ3v) is 5.01. The maximum absolute atomic E-state index is 12.8. The third-order valence-electron chi connectivity index (χ3n) is 4.32. The number of thiophene rings is 1. The van der Waals surface area contributed by atoms with Gasteiger partial charge in [0.15, 0.2) is 5.78 Å². The fourth-order valence-electron chi connectivity index (χ4n) is 3.03. The van der Waals surface area contributed by atoms with Crippen LogP contribution in [0.15, 0.2) is 41.1 Å². The zero-order valence-electron chi connectivity index (χ0n) is 13.3. The molecule has 1 atom stereocenters. The Balaban J connectivity index is 1.75. The molecule has 3 nitrogen and oxygen atoms in total. The minimum atomic E-state index is -4.48. The number of amides is 1. The van der Waals surface area contributed by atoms with E-state index in [9.17, 15) is 22.8 Å². The van der Waals surface area contributed by atoms with Crippen molar-refractivity contribution >= 4 is 23.0 Å². The summed E-state index contributed by atoms with van der Waals surface area (Å²) in [6, 6.07) is 6.21. The van der Waals surface area contributed by atoms with Crippen molar-refractivity contribution in [1.29, 1.82) is 0 Å². The van der Waals surface area contributed by atoms with Crippen LogP contribution in [-0.2, 0) is 6.18 Å². The minimum absolute atomic E-state index is 0.0460. The molecule has 7 heteroatoms. The summed E-state index contributed by atoms with van der Waals surface area (Å²) >= 11 is 1.42. The molecule has 0 N–H and O–H groups in total. The number of alkyl halides is 3. The molecule has 0 unspecified atom stereocenters. The van der Waals surface area contributed by atoms with Gasteiger partial charge in [0, 0.05) is 30.0 Å². The van der Waals surface area contributed by atoms with E-state index in [0.29, 0.717) is 24.9 Å². The Morgan fingerprint density at radius 1 is 1.16 bits per heavy atom. The average molecular weight is 367 g/mol. The summed E-state index contributed by atoms with van der Waals surface area (Å²) in [5.41, 5.74) is -0.206. The van der Waals surface area contributed by atoms with Gasteiger partial charge in [-0.2, -0.15) is 24.5 Å². The lowest BCUT2D eigenvalue weighted by Gasteiger charge is -2.32. The van der Waals surface area contributed by atoms with Crippen LogP contribution in [-0.4, -0.2) is 29.7 Å². The maximum atomic E-state index is 12.8. The topological polar surface area (TPSA) is 37.4 Å². The van der Waals surface area contributed by atoms with Crippen LogP contribution >= 0.6 is 11.3 Å². The number of rotatable bonds is 3. The molecule has 1 aliphatic heterocycles. The Morgan fingerprint density at radius 2 is 1.96 bits per heavy atom. The SMILES string of the molecule is O=C(c1cccc(C(F)(F)F)c1)[C@@H]1CCCN(C(=O)c2ccsc2)C1. The third kappa shape index (κ3) is 3.92. The first kappa shape index (κ1) is 17.7. The average Bonchev–Trinajstić information content (AvgIpc) is 3.14. The van der Waals surface area contributed by atoms with Gasteiger partial charge in [-0.15, -0.1) is 0 Å². The van der Waals surface area contributed by atoms with E-state index in [1.807, 2.05) is 5.38 Å². The molecular formula is C18H16F3NO2S. The lowest BCUT2D eigenvalue weighted by atomic mass is 9.89. The number of carbonyl (C=O) groups is 2. The van der Waals surface area contributed by atoms with Crippen molar-refractivity contribution in [3.05, 3.63) is 57.8 Å². The molecule has 132 valence electrons. The summed E-state index contributed by atoms with van der Waals surface area (Å²) in [5.74, 6) is -0.948. The molecule has 1 aromatic carbocycles. The van der Waals surface area contributed by atoms with Crippen LogP contribution in [0.1, 0.15) is 39.1 Å². The maximum Gasteiger partial charge on any atom is 0.416 e. The van der Waals surface area contributed by atoms with Crippen LogP contribution in [0.2, 0.25) is 0 Å². The highest BCUT2D eigenvalue weighted by molar-refractivity contribution is 7.08. The number of halogens is 3. The van der Waals surface area contributed by atoms with Gasteiger partial charge in [0.05, 0.1) is 11.1 Å². The standard InChI is InChI=1S/C18H16F3NO2S/c19-18(20,21)15-5-1-3-12(9-15)16(23)13-4-2-7-22(10-13)17(24)14-6-8-25-11-14/h1,3,5-6,8-9,11,13H,2,4,7,10H2/t13-/m1/s1. The van der Waals surface area contributed by atoms with Gasteiger partial charge in [-0.25, -0.2) is 0 Å². The van der Waals surface area contributed by atoms with Gasteiger partial charge in [-0.3, -0.25) is 9.59 Å². The zero-order valence-corrected chi connectivity index (χ0v) is 14.1. The molecule has 1 aromatic heterocycles. The largest absolute Gasteiger partial charge is 0.416 e. The number of ketones is 1. The minimum Gasteiger partial charge on any atom is -0.338 e. The molecule has 0 bridgehead atoms. The number of carbonyl (C=O) groups excluding carboxylic acids is 2. The van der Waals surface area contributed by atoms with Gasteiger partial charge in [-0.1, -0.05) is 12.1 Å². The Kier molecular flexibility index (Phi) is 4.94. The van der Waals surface area contributed by atoms with E-state index in [1.165, 1.54) is 23.5 Å². The normalized spacial score (nSPS) is 18.2. The van der Waals surface area contributed by atoms with Crippen molar-refractivity contribution in [2.24, 2.45) is 5.92 Å². The van der Waals surface area contributed by atoms with E-state index in [4.69, 9.17) is 0 Å². The summed E-state index contributed by atoms with van der Waals surface area (Å²) in [4.78, 5) is 26.7. The van der Waals surface area contributed by atoms with E-state index < -0.39 is 17.7 Å².